The summed E-state index contributed by atoms with van der Waals surface area (Å²) < 4.78 is 40.2. The van der Waals surface area contributed by atoms with E-state index in [1.807, 2.05) is 18.4 Å². The van der Waals surface area contributed by atoms with Crippen molar-refractivity contribution in [1.29, 1.82) is 0 Å². The number of methoxy groups -OCH3 is 1. The summed E-state index contributed by atoms with van der Waals surface area (Å²) in [6.45, 7) is 4.30. The Morgan fingerprint density at radius 1 is 1.10 bits per heavy atom. The van der Waals surface area contributed by atoms with E-state index in [9.17, 15) is 13.2 Å². The van der Waals surface area contributed by atoms with Crippen LogP contribution in [0, 0.1) is 13.8 Å². The zero-order chi connectivity index (χ0) is 22.2. The number of rotatable bonds is 6. The number of nitrogens with zero attached hydrogens (tertiary/aromatic N) is 1. The van der Waals surface area contributed by atoms with E-state index in [1.165, 1.54) is 7.11 Å². The average Bonchev–Trinajstić information content (AvgIpc) is 3.51. The van der Waals surface area contributed by atoms with Crippen LogP contribution in [0.25, 0.3) is 0 Å². The van der Waals surface area contributed by atoms with Crippen molar-refractivity contribution in [3.63, 3.8) is 0 Å². The first-order valence-electron chi connectivity index (χ1n) is 10.9. The highest BCUT2D eigenvalue weighted by Gasteiger charge is 2.35. The summed E-state index contributed by atoms with van der Waals surface area (Å²) in [7, 11) is -2.32. The molecule has 2 aromatic rings. The number of sulfone groups is 1. The van der Waals surface area contributed by atoms with Crippen molar-refractivity contribution in [3.8, 4) is 5.75 Å². The molecular formula is C23H30N2O5S. The maximum absolute atomic E-state index is 13.7. The van der Waals surface area contributed by atoms with E-state index in [0.29, 0.717) is 30.2 Å². The van der Waals surface area contributed by atoms with Crippen LogP contribution in [0.2, 0.25) is 0 Å². The van der Waals surface area contributed by atoms with Crippen molar-refractivity contribution < 1.29 is 22.7 Å². The number of amides is 1. The number of carbonyl (C=O) groups excluding carboxylic acids is 1. The van der Waals surface area contributed by atoms with Crippen LogP contribution in [0.15, 0.2) is 34.1 Å². The third-order valence-electron chi connectivity index (χ3n) is 6.49. The number of anilines is 1. The number of hydrogen-bond acceptors (Lipinski definition) is 5. The first-order valence-corrected chi connectivity index (χ1v) is 12.4. The minimum absolute atomic E-state index is 0.174. The standard InChI is InChI=1S/C23H30N2O5S/c1-15-16(2)25(17-7-4-5-8-17)22(24-23(26)20-9-6-14-30-20)21(15)31(27,28)19-12-10-18(29-3)11-13-19/h10-13,17,20H,4-9,14H2,1-3H3,(H,24,26). The first kappa shape index (κ1) is 21.9. The molecule has 1 saturated carbocycles. The van der Waals surface area contributed by atoms with Gasteiger partial charge >= 0.3 is 0 Å². The van der Waals surface area contributed by atoms with Gasteiger partial charge in [0.15, 0.2) is 0 Å². The molecule has 4 rings (SSSR count). The van der Waals surface area contributed by atoms with Crippen molar-refractivity contribution >= 4 is 21.6 Å². The molecule has 31 heavy (non-hydrogen) atoms. The summed E-state index contributed by atoms with van der Waals surface area (Å²) in [5.74, 6) is 0.681. The molecule has 2 aliphatic rings. The highest BCUT2D eigenvalue weighted by molar-refractivity contribution is 7.91. The monoisotopic (exact) mass is 446 g/mol. The Balaban J connectivity index is 1.83. The van der Waals surface area contributed by atoms with E-state index in [0.717, 1.165) is 37.8 Å². The molecule has 1 aliphatic carbocycles. The van der Waals surface area contributed by atoms with Gasteiger partial charge in [0, 0.05) is 18.3 Å². The fraction of sp³-hybridized carbons (Fsp3) is 0.522. The minimum atomic E-state index is -3.86. The lowest BCUT2D eigenvalue weighted by atomic mass is 10.2. The molecule has 1 aliphatic heterocycles. The molecule has 1 saturated heterocycles. The molecule has 2 heterocycles. The van der Waals surface area contributed by atoms with E-state index in [1.54, 1.807) is 24.3 Å². The van der Waals surface area contributed by atoms with E-state index in [4.69, 9.17) is 9.47 Å². The second-order valence-corrected chi connectivity index (χ2v) is 10.3. The molecule has 7 nitrogen and oxygen atoms in total. The second-order valence-electron chi connectivity index (χ2n) is 8.37. The topological polar surface area (TPSA) is 86.6 Å². The van der Waals surface area contributed by atoms with Crippen molar-refractivity contribution in [2.24, 2.45) is 0 Å². The van der Waals surface area contributed by atoms with Gasteiger partial charge in [-0.2, -0.15) is 0 Å². The molecule has 2 fully saturated rings. The number of ether oxygens (including phenoxy) is 2. The van der Waals surface area contributed by atoms with Gasteiger partial charge in [-0.05, 0) is 69.4 Å². The Hall–Kier alpha value is -2.32. The Morgan fingerprint density at radius 3 is 2.35 bits per heavy atom. The van der Waals surface area contributed by atoms with Crippen LogP contribution in [0.4, 0.5) is 5.82 Å². The predicted molar refractivity (Wildman–Crippen MR) is 117 cm³/mol. The van der Waals surface area contributed by atoms with Crippen molar-refractivity contribution in [3.05, 3.63) is 35.5 Å². The molecule has 1 amide bonds. The van der Waals surface area contributed by atoms with E-state index >= 15 is 0 Å². The van der Waals surface area contributed by atoms with Crippen LogP contribution < -0.4 is 10.1 Å². The van der Waals surface area contributed by atoms with E-state index in [-0.39, 0.29) is 21.7 Å². The first-order chi connectivity index (χ1) is 14.8. The summed E-state index contributed by atoms with van der Waals surface area (Å²) >= 11 is 0. The van der Waals surface area contributed by atoms with Gasteiger partial charge in [0.1, 0.15) is 22.6 Å². The Bertz CT molecular complexity index is 1060. The molecule has 1 N–H and O–H groups in total. The van der Waals surface area contributed by atoms with Crippen LogP contribution in [0.1, 0.15) is 55.8 Å². The summed E-state index contributed by atoms with van der Waals surface area (Å²) in [6, 6.07) is 6.53. The molecule has 0 radical (unpaired) electrons. The lowest BCUT2D eigenvalue weighted by Crippen LogP contribution is -2.29. The number of nitrogens with one attached hydrogen (secondary N) is 1. The Morgan fingerprint density at radius 2 is 1.77 bits per heavy atom. The SMILES string of the molecule is COc1ccc(S(=O)(=O)c2c(C)c(C)n(C3CCCC3)c2NC(=O)C2CCCO2)cc1. The third kappa shape index (κ3) is 3.99. The molecule has 8 heteroatoms. The number of hydrogen-bond donors (Lipinski definition) is 1. The van der Waals surface area contributed by atoms with Gasteiger partial charge in [0.2, 0.25) is 9.84 Å². The molecule has 1 aromatic heterocycles. The summed E-state index contributed by atoms with van der Waals surface area (Å²) in [6.07, 6.45) is 5.08. The van der Waals surface area contributed by atoms with Gasteiger partial charge in [0.05, 0.1) is 12.0 Å². The fourth-order valence-corrected chi connectivity index (χ4v) is 6.40. The zero-order valence-corrected chi connectivity index (χ0v) is 19.1. The van der Waals surface area contributed by atoms with E-state index in [2.05, 4.69) is 5.32 Å². The van der Waals surface area contributed by atoms with Gasteiger partial charge in [0.25, 0.3) is 5.91 Å². The molecule has 168 valence electrons. The van der Waals surface area contributed by atoms with Crippen molar-refractivity contribution in [2.75, 3.05) is 19.0 Å². The second kappa shape index (κ2) is 8.67. The van der Waals surface area contributed by atoms with E-state index < -0.39 is 15.9 Å². The average molecular weight is 447 g/mol. The zero-order valence-electron chi connectivity index (χ0n) is 18.3. The minimum Gasteiger partial charge on any atom is -0.497 e. The number of carbonyl (C=O) groups is 1. The molecule has 1 aromatic carbocycles. The van der Waals surface area contributed by atoms with Gasteiger partial charge in [-0.25, -0.2) is 8.42 Å². The predicted octanol–water partition coefficient (Wildman–Crippen LogP) is 4.18. The third-order valence-corrected chi connectivity index (χ3v) is 8.42. The van der Waals surface area contributed by atoms with Crippen LogP contribution in [0.3, 0.4) is 0 Å². The molecular weight excluding hydrogens is 416 g/mol. The van der Waals surface area contributed by atoms with Crippen LogP contribution in [-0.2, 0) is 19.4 Å². The highest BCUT2D eigenvalue weighted by Crippen LogP contribution is 2.42. The largest absolute Gasteiger partial charge is 0.497 e. The molecule has 0 bridgehead atoms. The smallest absolute Gasteiger partial charge is 0.254 e. The summed E-state index contributed by atoms with van der Waals surface area (Å²) in [4.78, 5) is 13.3. The van der Waals surface area contributed by atoms with Crippen molar-refractivity contribution in [1.82, 2.24) is 4.57 Å². The summed E-state index contributed by atoms with van der Waals surface area (Å²) in [5, 5.41) is 2.95. The molecule has 1 unspecified atom stereocenters. The summed E-state index contributed by atoms with van der Waals surface area (Å²) in [5.41, 5.74) is 1.55. The van der Waals surface area contributed by atoms with Gasteiger partial charge in [-0.3, -0.25) is 4.79 Å². The van der Waals surface area contributed by atoms with Crippen LogP contribution >= 0.6 is 0 Å². The number of benzene rings is 1. The van der Waals surface area contributed by atoms with Gasteiger partial charge in [-0.1, -0.05) is 12.8 Å². The number of aromatic nitrogens is 1. The Kier molecular flexibility index (Phi) is 6.12. The van der Waals surface area contributed by atoms with Crippen LogP contribution in [-0.4, -0.2) is 38.7 Å². The van der Waals surface area contributed by atoms with Gasteiger partial charge < -0.3 is 19.4 Å². The van der Waals surface area contributed by atoms with Gasteiger partial charge in [-0.15, -0.1) is 0 Å². The normalized spacial score (nSPS) is 19.6. The Labute approximate surface area is 183 Å². The lowest BCUT2D eigenvalue weighted by Gasteiger charge is -2.21. The van der Waals surface area contributed by atoms with Crippen LogP contribution in [0.5, 0.6) is 5.75 Å². The highest BCUT2D eigenvalue weighted by atomic mass is 32.2. The molecule has 0 spiro atoms. The lowest BCUT2D eigenvalue weighted by molar-refractivity contribution is -0.124. The fourth-order valence-electron chi connectivity index (χ4n) is 4.72. The molecule has 1 atom stereocenters. The van der Waals surface area contributed by atoms with Crippen molar-refractivity contribution in [2.45, 2.75) is 74.3 Å². The quantitative estimate of drug-likeness (QED) is 0.719. The maximum atomic E-state index is 13.7. The maximum Gasteiger partial charge on any atom is 0.254 e.